The number of aromatic nitrogens is 4. The number of alkyl carbamates (subject to hydrolysis) is 1. The van der Waals surface area contributed by atoms with E-state index in [4.69, 9.17) is 24.2 Å². The van der Waals surface area contributed by atoms with Crippen molar-refractivity contribution in [3.05, 3.63) is 95.3 Å². The lowest BCUT2D eigenvalue weighted by molar-refractivity contribution is -0.138. The van der Waals surface area contributed by atoms with Gasteiger partial charge in [-0.25, -0.2) is 14.8 Å². The van der Waals surface area contributed by atoms with E-state index in [2.05, 4.69) is 33.5 Å². The second-order valence-corrected chi connectivity index (χ2v) is 16.5. The molecule has 3 aromatic carbocycles. The van der Waals surface area contributed by atoms with E-state index in [9.17, 15) is 14.4 Å². The van der Waals surface area contributed by atoms with E-state index in [1.165, 1.54) is 7.11 Å². The minimum Gasteiger partial charge on any atom is -0.488 e. The molecule has 314 valence electrons. The van der Waals surface area contributed by atoms with Gasteiger partial charge in [0, 0.05) is 46.5 Å². The van der Waals surface area contributed by atoms with Crippen molar-refractivity contribution in [2.75, 3.05) is 34.3 Å². The molecule has 0 bridgehead atoms. The molecule has 4 unspecified atom stereocenters. The summed E-state index contributed by atoms with van der Waals surface area (Å²) in [6, 6.07) is 16.6. The number of carbonyl (C=O) groups is 3. The number of nitrogens with zero attached hydrogens (tertiary/aromatic N) is 5. The van der Waals surface area contributed by atoms with Gasteiger partial charge in [0.2, 0.25) is 11.8 Å². The van der Waals surface area contributed by atoms with Crippen molar-refractivity contribution >= 4 is 17.9 Å². The van der Waals surface area contributed by atoms with Crippen LogP contribution >= 0.6 is 0 Å². The summed E-state index contributed by atoms with van der Waals surface area (Å²) in [4.78, 5) is 62.2. The first kappa shape index (κ1) is 40.6. The zero-order chi connectivity index (χ0) is 42.2. The SMILES string of the molecule is CCCN(C(=O)C(NC(=O)OC)C(C)C)C(C)c1ncc(-c2cc3c4c(c2)OCc2cc(-c5cnc(C6CCCN6C(=O)C(c6ccccc6)N(C)C)[nH]5)cc(c2-4)OC3)[nH]1. The number of rotatable bonds is 13. The third kappa shape index (κ3) is 7.60. The largest absolute Gasteiger partial charge is 0.488 e. The van der Waals surface area contributed by atoms with Crippen molar-refractivity contribution in [2.45, 2.75) is 84.3 Å². The average molecular weight is 815 g/mol. The van der Waals surface area contributed by atoms with Crippen molar-refractivity contribution in [2.24, 2.45) is 5.92 Å². The number of hydrogen-bond donors (Lipinski definition) is 3. The van der Waals surface area contributed by atoms with Gasteiger partial charge in [-0.3, -0.25) is 14.5 Å². The molecule has 14 heteroatoms. The third-order valence-corrected chi connectivity index (χ3v) is 11.9. The van der Waals surface area contributed by atoms with Crippen LogP contribution < -0.4 is 14.8 Å². The van der Waals surface area contributed by atoms with E-state index in [0.717, 1.165) is 86.9 Å². The number of aromatic amines is 2. The highest BCUT2D eigenvalue weighted by atomic mass is 16.5. The van der Waals surface area contributed by atoms with Crippen molar-refractivity contribution in [1.82, 2.24) is 40.0 Å². The number of hydrogen-bond acceptors (Lipinski definition) is 9. The molecule has 2 aromatic heterocycles. The minimum atomic E-state index is -0.741. The molecular formula is C46H54N8O6. The van der Waals surface area contributed by atoms with Crippen LogP contribution in [0.25, 0.3) is 33.6 Å². The summed E-state index contributed by atoms with van der Waals surface area (Å²) in [5.74, 6) is 2.71. The molecule has 1 fully saturated rings. The molecule has 4 atom stereocenters. The monoisotopic (exact) mass is 814 g/mol. The highest BCUT2D eigenvalue weighted by Crippen LogP contribution is 2.51. The molecule has 3 N–H and O–H groups in total. The molecule has 14 nitrogen and oxygen atoms in total. The molecule has 3 aliphatic heterocycles. The van der Waals surface area contributed by atoms with Gasteiger partial charge in [0.25, 0.3) is 0 Å². The van der Waals surface area contributed by atoms with Gasteiger partial charge in [-0.15, -0.1) is 0 Å². The molecule has 5 heterocycles. The summed E-state index contributed by atoms with van der Waals surface area (Å²) < 4.78 is 17.7. The van der Waals surface area contributed by atoms with Crippen LogP contribution in [0.2, 0.25) is 0 Å². The van der Waals surface area contributed by atoms with Gasteiger partial charge < -0.3 is 39.3 Å². The fourth-order valence-electron chi connectivity index (χ4n) is 8.87. The molecule has 5 aromatic rings. The van der Waals surface area contributed by atoms with E-state index >= 15 is 0 Å². The Hall–Kier alpha value is -6.15. The summed E-state index contributed by atoms with van der Waals surface area (Å²) in [6.45, 7) is 9.64. The molecule has 0 radical (unpaired) electrons. The number of likely N-dealkylation sites (tertiary alicyclic amines) is 1. The Morgan fingerprint density at radius 1 is 0.917 bits per heavy atom. The van der Waals surface area contributed by atoms with E-state index < -0.39 is 12.1 Å². The molecule has 8 rings (SSSR count). The molecule has 3 amide bonds. The minimum absolute atomic E-state index is 0.0762. The number of benzene rings is 3. The molecular weight excluding hydrogens is 761 g/mol. The maximum atomic E-state index is 14.1. The fourth-order valence-corrected chi connectivity index (χ4v) is 8.87. The van der Waals surface area contributed by atoms with Gasteiger partial charge in [-0.05, 0) is 76.0 Å². The molecule has 60 heavy (non-hydrogen) atoms. The average Bonchev–Trinajstić information content (AvgIpc) is 4.05. The maximum absolute atomic E-state index is 14.1. The number of nitrogens with one attached hydrogen (secondary N) is 3. The molecule has 0 spiro atoms. The summed E-state index contributed by atoms with van der Waals surface area (Å²) in [7, 11) is 5.18. The second kappa shape index (κ2) is 16.8. The lowest BCUT2D eigenvalue weighted by Crippen LogP contribution is -2.52. The van der Waals surface area contributed by atoms with Crippen molar-refractivity contribution < 1.29 is 28.6 Å². The standard InChI is InChI=1S/C46H54N8O6/c1-8-16-53(44(55)40(26(2)3)51-46(57)58-7)27(4)42-47-22-33(49-42)29-18-31-24-60-37-21-30(19-32-25-59-36(20-29)38(31)39(32)37)34-23-48-43(50-34)35-15-12-17-54(35)45(56)41(52(5)6)28-13-10-9-11-14-28/h9-11,13-14,18-23,26-27,35,40-41H,8,12,15-17,24-25H2,1-7H3,(H,47,49)(H,48,50)(H,51,57). The predicted molar refractivity (Wildman–Crippen MR) is 227 cm³/mol. The number of carbonyl (C=O) groups excluding carboxylic acids is 3. The molecule has 3 aliphatic rings. The van der Waals surface area contributed by atoms with Crippen LogP contribution in [0.4, 0.5) is 4.79 Å². The number of methoxy groups -OCH3 is 1. The van der Waals surface area contributed by atoms with Crippen molar-refractivity contribution in [3.8, 4) is 45.1 Å². The highest BCUT2D eigenvalue weighted by molar-refractivity contribution is 5.89. The normalized spacial score (nSPS) is 16.8. The third-order valence-electron chi connectivity index (χ3n) is 11.9. The van der Waals surface area contributed by atoms with Crippen LogP contribution in [0.1, 0.15) is 93.4 Å². The number of H-pyrrole nitrogens is 2. The number of likely N-dealkylation sites (N-methyl/N-ethyl adjacent to an activating group) is 1. The zero-order valence-corrected chi connectivity index (χ0v) is 35.4. The van der Waals surface area contributed by atoms with E-state index in [0.29, 0.717) is 32.1 Å². The smallest absolute Gasteiger partial charge is 0.407 e. The van der Waals surface area contributed by atoms with Crippen LogP contribution in [-0.4, -0.2) is 92.9 Å². The first-order chi connectivity index (χ1) is 29.0. The van der Waals surface area contributed by atoms with Crippen LogP contribution in [-0.2, 0) is 27.5 Å². The first-order valence-corrected chi connectivity index (χ1v) is 20.8. The maximum Gasteiger partial charge on any atom is 0.407 e. The van der Waals surface area contributed by atoms with Gasteiger partial charge in [0.15, 0.2) is 0 Å². The van der Waals surface area contributed by atoms with Crippen LogP contribution in [0, 0.1) is 5.92 Å². The van der Waals surface area contributed by atoms with Crippen molar-refractivity contribution in [1.29, 1.82) is 0 Å². The summed E-state index contributed by atoms with van der Waals surface area (Å²) in [6.07, 6.45) is 5.47. The predicted octanol–water partition coefficient (Wildman–Crippen LogP) is 7.57. The summed E-state index contributed by atoms with van der Waals surface area (Å²) >= 11 is 0. The van der Waals surface area contributed by atoms with Crippen LogP contribution in [0.15, 0.2) is 67.0 Å². The topological polar surface area (TPSA) is 158 Å². The summed E-state index contributed by atoms with van der Waals surface area (Å²) in [5.41, 5.74) is 8.54. The van der Waals surface area contributed by atoms with Gasteiger partial charge in [-0.1, -0.05) is 51.1 Å². The first-order valence-electron chi connectivity index (χ1n) is 20.8. The lowest BCUT2D eigenvalue weighted by atomic mass is 9.87. The number of imidazole rings is 2. The Morgan fingerprint density at radius 3 is 2.15 bits per heavy atom. The quantitative estimate of drug-likeness (QED) is 0.109. The van der Waals surface area contributed by atoms with Gasteiger partial charge in [0.1, 0.15) is 48.4 Å². The molecule has 0 saturated carbocycles. The van der Waals surface area contributed by atoms with Gasteiger partial charge >= 0.3 is 6.09 Å². The fraction of sp³-hybridized carbons (Fsp3) is 0.413. The van der Waals surface area contributed by atoms with E-state index in [1.807, 2.05) is 94.2 Å². The summed E-state index contributed by atoms with van der Waals surface area (Å²) in [5, 5.41) is 2.71. The Kier molecular flexibility index (Phi) is 11.4. The second-order valence-electron chi connectivity index (χ2n) is 16.5. The van der Waals surface area contributed by atoms with E-state index in [1.54, 1.807) is 11.1 Å². The molecule has 1 saturated heterocycles. The van der Waals surface area contributed by atoms with Gasteiger partial charge in [-0.2, -0.15) is 0 Å². The zero-order valence-electron chi connectivity index (χ0n) is 35.4. The van der Waals surface area contributed by atoms with E-state index in [-0.39, 0.29) is 35.9 Å². The number of amides is 3. The Bertz CT molecular complexity index is 2340. The lowest BCUT2D eigenvalue weighted by Gasteiger charge is -2.33. The van der Waals surface area contributed by atoms with Gasteiger partial charge in [0.05, 0.1) is 43.0 Å². The Morgan fingerprint density at radius 2 is 1.55 bits per heavy atom. The van der Waals surface area contributed by atoms with Crippen LogP contribution in [0.5, 0.6) is 11.5 Å². The highest BCUT2D eigenvalue weighted by Gasteiger charge is 2.38. The Balaban J connectivity index is 1.02. The Labute approximate surface area is 350 Å². The molecule has 0 aliphatic carbocycles. The van der Waals surface area contributed by atoms with Crippen molar-refractivity contribution in [3.63, 3.8) is 0 Å². The number of ether oxygens (including phenoxy) is 3. The van der Waals surface area contributed by atoms with Crippen LogP contribution in [0.3, 0.4) is 0 Å².